The number of carbonyl (C=O) groups excluding carboxylic acids is 1. The van der Waals surface area contributed by atoms with Gasteiger partial charge in [0.2, 0.25) is 5.54 Å². The smallest absolute Gasteiger partial charge is 0.423 e. The van der Waals surface area contributed by atoms with E-state index in [0.29, 0.717) is 37.4 Å². The lowest BCUT2D eigenvalue weighted by Crippen LogP contribution is -2.66. The quantitative estimate of drug-likeness (QED) is 0.711. The lowest BCUT2D eigenvalue weighted by molar-refractivity contribution is -0.210. The van der Waals surface area contributed by atoms with Gasteiger partial charge in [0.1, 0.15) is 11.4 Å². The maximum atomic E-state index is 14.6. The Morgan fingerprint density at radius 3 is 2.45 bits per heavy atom. The lowest BCUT2D eigenvalue weighted by Gasteiger charge is -2.51. The van der Waals surface area contributed by atoms with E-state index in [9.17, 15) is 18.0 Å². The van der Waals surface area contributed by atoms with Crippen LogP contribution in [-0.4, -0.2) is 42.0 Å². The molecule has 1 saturated heterocycles. The molecule has 1 fully saturated rings. The molecule has 3 aliphatic rings. The van der Waals surface area contributed by atoms with E-state index in [4.69, 9.17) is 9.47 Å². The molecule has 158 valence electrons. The summed E-state index contributed by atoms with van der Waals surface area (Å²) in [6.45, 7) is 5.96. The number of benzene rings is 1. The minimum Gasteiger partial charge on any atom is -0.479 e. The molecule has 1 atom stereocenters. The van der Waals surface area contributed by atoms with Crippen molar-refractivity contribution < 1.29 is 27.4 Å². The average Bonchev–Trinajstić information content (AvgIpc) is 3.04. The Labute approximate surface area is 167 Å². The summed E-state index contributed by atoms with van der Waals surface area (Å²) in [5.41, 5.74) is -4.11. The van der Waals surface area contributed by atoms with Crippen LogP contribution in [0, 0.1) is 0 Å². The van der Waals surface area contributed by atoms with Crippen LogP contribution in [-0.2, 0) is 9.53 Å². The zero-order chi connectivity index (χ0) is 21.1. The van der Waals surface area contributed by atoms with Gasteiger partial charge in [0, 0.05) is 19.3 Å². The first kappa shape index (κ1) is 20.1. The number of carbonyl (C=O) groups is 1. The van der Waals surface area contributed by atoms with E-state index in [1.165, 1.54) is 6.08 Å². The van der Waals surface area contributed by atoms with Crippen molar-refractivity contribution in [1.29, 1.82) is 0 Å². The summed E-state index contributed by atoms with van der Waals surface area (Å²) in [6.07, 6.45) is -2.80. The number of ether oxygens (including phenoxy) is 2. The summed E-state index contributed by atoms with van der Waals surface area (Å²) >= 11 is 0. The molecular weight excluding hydrogens is 385 g/mol. The van der Waals surface area contributed by atoms with Crippen molar-refractivity contribution in [3.8, 4) is 5.75 Å². The molecule has 0 radical (unpaired) electrons. The molecular formula is C21H25F3N2O3. The van der Waals surface area contributed by atoms with E-state index in [2.05, 4.69) is 5.32 Å². The number of nitrogens with one attached hydrogen (secondary N) is 1. The molecule has 0 bridgehead atoms. The fourth-order valence-corrected chi connectivity index (χ4v) is 4.43. The lowest BCUT2D eigenvalue weighted by atomic mass is 9.85. The van der Waals surface area contributed by atoms with Gasteiger partial charge >= 0.3 is 12.1 Å². The number of fused-ring (bicyclic) bond motifs is 4. The first-order chi connectivity index (χ1) is 13.5. The fourth-order valence-electron chi connectivity index (χ4n) is 4.43. The van der Waals surface area contributed by atoms with Crippen LogP contribution in [0.4, 0.5) is 18.9 Å². The molecule has 3 aliphatic heterocycles. The van der Waals surface area contributed by atoms with Crippen molar-refractivity contribution in [2.45, 2.75) is 63.0 Å². The molecule has 5 nitrogen and oxygen atoms in total. The molecule has 0 aliphatic carbocycles. The standard InChI is InChI=1S/C21H25F3N2O3/c1-18(2,3)29-17(27)20(21(22,23)24)9-8-16-19(10-12-25-13-11-19)28-15-7-5-4-6-14(15)26(16)20/h4-8,25H,9-13H2,1-3H3. The van der Waals surface area contributed by atoms with Crippen molar-refractivity contribution in [2.24, 2.45) is 0 Å². The Bertz CT molecular complexity index is 853. The molecule has 1 unspecified atom stereocenters. The number of piperidine rings is 1. The molecule has 4 rings (SSSR count). The van der Waals surface area contributed by atoms with Crippen LogP contribution < -0.4 is 15.0 Å². The first-order valence-electron chi connectivity index (χ1n) is 9.80. The number of alkyl halides is 3. The van der Waals surface area contributed by atoms with Gasteiger partial charge in [-0.3, -0.25) is 0 Å². The van der Waals surface area contributed by atoms with Gasteiger partial charge < -0.3 is 19.7 Å². The molecule has 1 spiro atoms. The zero-order valence-corrected chi connectivity index (χ0v) is 16.7. The average molecular weight is 410 g/mol. The van der Waals surface area contributed by atoms with Gasteiger partial charge in [-0.1, -0.05) is 18.2 Å². The Morgan fingerprint density at radius 1 is 1.17 bits per heavy atom. The summed E-state index contributed by atoms with van der Waals surface area (Å²) in [6, 6.07) is 6.59. The van der Waals surface area contributed by atoms with Crippen molar-refractivity contribution in [3.05, 3.63) is 36.0 Å². The van der Waals surface area contributed by atoms with Crippen LogP contribution in [0.15, 0.2) is 36.0 Å². The van der Waals surface area contributed by atoms with Gasteiger partial charge in [-0.25, -0.2) is 4.79 Å². The number of anilines is 1. The number of hydrogen-bond donors (Lipinski definition) is 1. The van der Waals surface area contributed by atoms with Gasteiger partial charge in [0.25, 0.3) is 0 Å². The van der Waals surface area contributed by atoms with Gasteiger partial charge in [0.15, 0.2) is 5.60 Å². The summed E-state index contributed by atoms with van der Waals surface area (Å²) in [5, 5.41) is 3.23. The third kappa shape index (κ3) is 2.99. The molecule has 1 N–H and O–H groups in total. The van der Waals surface area contributed by atoms with Crippen LogP contribution in [0.25, 0.3) is 0 Å². The molecule has 1 aromatic carbocycles. The second-order valence-corrected chi connectivity index (χ2v) is 8.80. The maximum absolute atomic E-state index is 14.6. The van der Waals surface area contributed by atoms with E-state index >= 15 is 0 Å². The molecule has 3 heterocycles. The molecule has 1 aromatic rings. The normalized spacial score (nSPS) is 25.7. The number of rotatable bonds is 1. The van der Waals surface area contributed by atoms with Gasteiger partial charge in [-0.15, -0.1) is 0 Å². The fraction of sp³-hybridized carbons (Fsp3) is 0.571. The van der Waals surface area contributed by atoms with E-state index < -0.39 is 35.3 Å². The van der Waals surface area contributed by atoms with Crippen molar-refractivity contribution >= 4 is 11.7 Å². The highest BCUT2D eigenvalue weighted by Gasteiger charge is 2.71. The number of halogens is 3. The summed E-state index contributed by atoms with van der Waals surface area (Å²) < 4.78 is 55.5. The summed E-state index contributed by atoms with van der Waals surface area (Å²) in [5.74, 6) is -0.935. The Hall–Kier alpha value is -2.22. The number of nitrogens with zero attached hydrogens (tertiary/aromatic N) is 1. The first-order valence-corrected chi connectivity index (χ1v) is 9.80. The van der Waals surface area contributed by atoms with E-state index in [0.717, 1.165) is 4.90 Å². The van der Waals surface area contributed by atoms with Crippen molar-refractivity contribution in [1.82, 2.24) is 5.32 Å². The molecule has 8 heteroatoms. The van der Waals surface area contributed by atoms with Crippen molar-refractivity contribution in [2.75, 3.05) is 18.0 Å². The highest BCUT2D eigenvalue weighted by molar-refractivity contribution is 5.91. The van der Waals surface area contributed by atoms with Crippen LogP contribution in [0.2, 0.25) is 0 Å². The van der Waals surface area contributed by atoms with Crippen molar-refractivity contribution in [3.63, 3.8) is 0 Å². The zero-order valence-electron chi connectivity index (χ0n) is 16.7. The predicted octanol–water partition coefficient (Wildman–Crippen LogP) is 3.94. The van der Waals surface area contributed by atoms with Crippen LogP contribution in [0.3, 0.4) is 0 Å². The van der Waals surface area contributed by atoms with Gasteiger partial charge in [-0.2, -0.15) is 13.2 Å². The van der Waals surface area contributed by atoms with E-state index in [-0.39, 0.29) is 5.69 Å². The van der Waals surface area contributed by atoms with Crippen LogP contribution in [0.5, 0.6) is 5.75 Å². The monoisotopic (exact) mass is 410 g/mol. The minimum atomic E-state index is -4.84. The van der Waals surface area contributed by atoms with Crippen LogP contribution >= 0.6 is 0 Å². The maximum Gasteiger partial charge on any atom is 0.423 e. The Morgan fingerprint density at radius 2 is 1.83 bits per heavy atom. The largest absolute Gasteiger partial charge is 0.479 e. The Kier molecular flexibility index (Phi) is 4.42. The SMILES string of the molecule is CC(C)(C)OC(=O)C1(C(F)(F)F)CC=C2N1c1ccccc1OC21CCNCC1. The highest BCUT2D eigenvalue weighted by atomic mass is 19.4. The number of para-hydroxylation sites is 2. The molecule has 0 aromatic heterocycles. The summed E-state index contributed by atoms with van der Waals surface area (Å²) in [7, 11) is 0. The van der Waals surface area contributed by atoms with E-state index in [1.54, 1.807) is 45.0 Å². The predicted molar refractivity (Wildman–Crippen MR) is 102 cm³/mol. The second-order valence-electron chi connectivity index (χ2n) is 8.80. The Balaban J connectivity index is 1.90. The second kappa shape index (κ2) is 6.39. The van der Waals surface area contributed by atoms with E-state index in [1.807, 2.05) is 0 Å². The number of hydrogen-bond acceptors (Lipinski definition) is 5. The van der Waals surface area contributed by atoms with Crippen LogP contribution in [0.1, 0.15) is 40.0 Å². The van der Waals surface area contributed by atoms with Gasteiger partial charge in [0.05, 0.1) is 11.4 Å². The third-order valence-electron chi connectivity index (χ3n) is 5.71. The number of esters is 1. The van der Waals surface area contributed by atoms with Gasteiger partial charge in [-0.05, 0) is 46.0 Å². The summed E-state index contributed by atoms with van der Waals surface area (Å²) in [4.78, 5) is 14.2. The third-order valence-corrected chi connectivity index (χ3v) is 5.71. The molecule has 0 amide bonds. The minimum absolute atomic E-state index is 0.239. The molecule has 0 saturated carbocycles. The topological polar surface area (TPSA) is 50.8 Å². The molecule has 29 heavy (non-hydrogen) atoms. The highest BCUT2D eigenvalue weighted by Crippen LogP contribution is 2.57.